The zero-order valence-corrected chi connectivity index (χ0v) is 11.3. The van der Waals surface area contributed by atoms with Crippen LogP contribution in [0, 0.1) is 17.1 Å². The van der Waals surface area contributed by atoms with Gasteiger partial charge < -0.3 is 10.1 Å². The van der Waals surface area contributed by atoms with E-state index in [1.165, 1.54) is 6.07 Å². The average Bonchev–Trinajstić information content (AvgIpc) is 2.48. The molecule has 0 aromatic heterocycles. The quantitative estimate of drug-likeness (QED) is 0.905. The van der Waals surface area contributed by atoms with Gasteiger partial charge in [0.1, 0.15) is 11.8 Å². The number of rotatable bonds is 5. The number of nitrogens with one attached hydrogen (secondary N) is 1. The van der Waals surface area contributed by atoms with Crippen LogP contribution in [-0.4, -0.2) is 6.61 Å². The van der Waals surface area contributed by atoms with E-state index >= 15 is 0 Å². The molecule has 2 aromatic carbocycles. The normalized spacial score (nSPS) is 9.85. The average molecular weight is 291 g/mol. The van der Waals surface area contributed by atoms with E-state index in [1.54, 1.807) is 24.3 Å². The van der Waals surface area contributed by atoms with Gasteiger partial charge >= 0.3 is 0 Å². The highest BCUT2D eigenvalue weighted by molar-refractivity contribution is 6.31. The Morgan fingerprint density at radius 3 is 2.65 bits per heavy atom. The van der Waals surface area contributed by atoms with E-state index in [2.05, 4.69) is 5.32 Å². The molecule has 0 radical (unpaired) electrons. The van der Waals surface area contributed by atoms with Gasteiger partial charge in [-0.3, -0.25) is 0 Å². The molecule has 0 fully saturated rings. The molecule has 0 saturated heterocycles. The molecule has 20 heavy (non-hydrogen) atoms. The van der Waals surface area contributed by atoms with Gasteiger partial charge in [0.2, 0.25) is 0 Å². The van der Waals surface area contributed by atoms with Gasteiger partial charge in [-0.05, 0) is 29.8 Å². The monoisotopic (exact) mass is 290 g/mol. The second-order valence-corrected chi connectivity index (χ2v) is 4.45. The summed E-state index contributed by atoms with van der Waals surface area (Å²) in [6, 6.07) is 14.0. The van der Waals surface area contributed by atoms with Gasteiger partial charge in [0.15, 0.2) is 12.4 Å². The third-order valence-corrected chi connectivity index (χ3v) is 2.95. The molecular weight excluding hydrogens is 279 g/mol. The summed E-state index contributed by atoms with van der Waals surface area (Å²) in [5.41, 5.74) is 1.33. The molecule has 0 spiro atoms. The molecule has 0 aliphatic carbocycles. The first-order chi connectivity index (χ1) is 9.70. The van der Waals surface area contributed by atoms with Crippen LogP contribution in [0.1, 0.15) is 5.56 Å². The lowest BCUT2D eigenvalue weighted by Crippen LogP contribution is -2.02. The smallest absolute Gasteiger partial charge is 0.174 e. The molecule has 0 bridgehead atoms. The van der Waals surface area contributed by atoms with Crippen LogP contribution in [0.25, 0.3) is 0 Å². The van der Waals surface area contributed by atoms with Crippen LogP contribution in [0.4, 0.5) is 10.1 Å². The summed E-state index contributed by atoms with van der Waals surface area (Å²) in [4.78, 5) is 0. The van der Waals surface area contributed by atoms with E-state index in [9.17, 15) is 4.39 Å². The van der Waals surface area contributed by atoms with Crippen molar-refractivity contribution in [2.75, 3.05) is 11.9 Å². The highest BCUT2D eigenvalue weighted by atomic mass is 35.5. The lowest BCUT2D eigenvalue weighted by molar-refractivity contribution is 0.368. The Morgan fingerprint density at radius 1 is 1.20 bits per heavy atom. The van der Waals surface area contributed by atoms with Gasteiger partial charge in [0.05, 0.1) is 10.7 Å². The number of benzene rings is 2. The van der Waals surface area contributed by atoms with Crippen LogP contribution in [0.5, 0.6) is 5.75 Å². The number of hydrogen-bond donors (Lipinski definition) is 1. The Hall–Kier alpha value is -2.25. The van der Waals surface area contributed by atoms with Crippen LogP contribution >= 0.6 is 11.6 Å². The molecule has 0 aliphatic rings. The SMILES string of the molecule is N#CCOc1ccc(CNc2cccc(Cl)c2F)cc1. The summed E-state index contributed by atoms with van der Waals surface area (Å²) in [5.74, 6) is 0.173. The van der Waals surface area contributed by atoms with E-state index < -0.39 is 5.82 Å². The number of nitriles is 1. The third kappa shape index (κ3) is 3.62. The second kappa shape index (κ2) is 6.78. The Balaban J connectivity index is 1.97. The molecule has 0 unspecified atom stereocenters. The highest BCUT2D eigenvalue weighted by Gasteiger charge is 2.05. The van der Waals surface area contributed by atoms with Gasteiger partial charge in [0.25, 0.3) is 0 Å². The summed E-state index contributed by atoms with van der Waals surface area (Å²) in [7, 11) is 0. The standard InChI is InChI=1S/C15H12ClFN2O/c16-13-2-1-3-14(15(13)17)19-10-11-4-6-12(7-5-11)20-9-8-18/h1-7,19H,9-10H2. The first kappa shape index (κ1) is 14.2. The summed E-state index contributed by atoms with van der Waals surface area (Å²) in [6.45, 7) is 0.487. The first-order valence-corrected chi connectivity index (χ1v) is 6.35. The van der Waals surface area contributed by atoms with E-state index in [1.807, 2.05) is 18.2 Å². The van der Waals surface area contributed by atoms with E-state index in [0.29, 0.717) is 18.0 Å². The van der Waals surface area contributed by atoms with Crippen molar-refractivity contribution in [3.05, 3.63) is 58.9 Å². The maximum Gasteiger partial charge on any atom is 0.174 e. The molecule has 1 N–H and O–H groups in total. The molecule has 3 nitrogen and oxygen atoms in total. The zero-order chi connectivity index (χ0) is 14.4. The number of hydrogen-bond acceptors (Lipinski definition) is 3. The van der Waals surface area contributed by atoms with E-state index in [4.69, 9.17) is 21.6 Å². The molecule has 0 aliphatic heterocycles. The van der Waals surface area contributed by atoms with Gasteiger partial charge in [-0.1, -0.05) is 29.8 Å². The Bertz CT molecular complexity index is 623. The zero-order valence-electron chi connectivity index (χ0n) is 10.6. The van der Waals surface area contributed by atoms with Crippen molar-refractivity contribution in [1.29, 1.82) is 5.26 Å². The van der Waals surface area contributed by atoms with Crippen molar-refractivity contribution < 1.29 is 9.13 Å². The molecule has 5 heteroatoms. The topological polar surface area (TPSA) is 45.0 Å². The highest BCUT2D eigenvalue weighted by Crippen LogP contribution is 2.22. The molecule has 0 amide bonds. The van der Waals surface area contributed by atoms with Crippen molar-refractivity contribution >= 4 is 17.3 Å². The van der Waals surface area contributed by atoms with Gasteiger partial charge in [-0.15, -0.1) is 0 Å². The van der Waals surface area contributed by atoms with Crippen molar-refractivity contribution in [3.8, 4) is 11.8 Å². The lowest BCUT2D eigenvalue weighted by Gasteiger charge is -2.09. The van der Waals surface area contributed by atoms with Crippen LogP contribution in [0.15, 0.2) is 42.5 Å². The predicted molar refractivity (Wildman–Crippen MR) is 76.3 cm³/mol. The van der Waals surface area contributed by atoms with Crippen LogP contribution < -0.4 is 10.1 Å². The Morgan fingerprint density at radius 2 is 1.95 bits per heavy atom. The summed E-state index contributed by atoms with van der Waals surface area (Å²) >= 11 is 5.71. The minimum atomic E-state index is -0.455. The van der Waals surface area contributed by atoms with Crippen LogP contribution in [0.2, 0.25) is 5.02 Å². The number of ether oxygens (including phenoxy) is 1. The van der Waals surface area contributed by atoms with Gasteiger partial charge in [-0.2, -0.15) is 5.26 Å². The second-order valence-electron chi connectivity index (χ2n) is 4.05. The van der Waals surface area contributed by atoms with Crippen molar-refractivity contribution in [1.82, 2.24) is 0 Å². The van der Waals surface area contributed by atoms with E-state index in [-0.39, 0.29) is 11.6 Å². The minimum absolute atomic E-state index is 0.0192. The molecule has 0 atom stereocenters. The summed E-state index contributed by atoms with van der Waals surface area (Å²) in [6.07, 6.45) is 0. The maximum atomic E-state index is 13.7. The first-order valence-electron chi connectivity index (χ1n) is 5.97. The lowest BCUT2D eigenvalue weighted by atomic mass is 10.2. The van der Waals surface area contributed by atoms with E-state index in [0.717, 1.165) is 5.56 Å². The van der Waals surface area contributed by atoms with Crippen molar-refractivity contribution in [2.24, 2.45) is 0 Å². The predicted octanol–water partition coefficient (Wildman–Crippen LogP) is 3.99. The fraction of sp³-hybridized carbons (Fsp3) is 0.133. The molecule has 2 aromatic rings. The van der Waals surface area contributed by atoms with Crippen molar-refractivity contribution in [3.63, 3.8) is 0 Å². The fourth-order valence-corrected chi connectivity index (χ4v) is 1.83. The Labute approximate surface area is 121 Å². The summed E-state index contributed by atoms with van der Waals surface area (Å²) < 4.78 is 18.8. The largest absolute Gasteiger partial charge is 0.479 e. The van der Waals surface area contributed by atoms with Gasteiger partial charge in [0, 0.05) is 6.54 Å². The Kier molecular flexibility index (Phi) is 4.80. The number of halogens is 2. The number of anilines is 1. The third-order valence-electron chi connectivity index (χ3n) is 2.66. The van der Waals surface area contributed by atoms with Gasteiger partial charge in [-0.25, -0.2) is 4.39 Å². The van der Waals surface area contributed by atoms with Crippen LogP contribution in [0.3, 0.4) is 0 Å². The molecule has 0 saturated carbocycles. The molecular formula is C15H12ClFN2O. The fourth-order valence-electron chi connectivity index (χ4n) is 1.66. The molecule has 2 rings (SSSR count). The van der Waals surface area contributed by atoms with Crippen LogP contribution in [-0.2, 0) is 6.54 Å². The summed E-state index contributed by atoms with van der Waals surface area (Å²) in [5, 5.41) is 11.5. The minimum Gasteiger partial charge on any atom is -0.479 e. The molecule has 102 valence electrons. The number of nitrogens with zero attached hydrogens (tertiary/aromatic N) is 1. The maximum absolute atomic E-state index is 13.7. The molecule has 0 heterocycles. The van der Waals surface area contributed by atoms with Crippen molar-refractivity contribution in [2.45, 2.75) is 6.54 Å².